The van der Waals surface area contributed by atoms with Crippen molar-refractivity contribution in [3.63, 3.8) is 0 Å². The number of furan rings is 1. The highest BCUT2D eigenvalue weighted by atomic mass is 16.5. The van der Waals surface area contributed by atoms with E-state index in [-0.39, 0.29) is 11.4 Å². The molecule has 162 valence electrons. The summed E-state index contributed by atoms with van der Waals surface area (Å²) in [5.74, 6) is -2.01. The molecule has 3 rings (SSSR count). The molecule has 2 heterocycles. The Kier molecular flexibility index (Phi) is 6.39. The van der Waals surface area contributed by atoms with E-state index in [4.69, 9.17) is 9.15 Å². The van der Waals surface area contributed by atoms with E-state index < -0.39 is 36.0 Å². The number of rotatable bonds is 7. The summed E-state index contributed by atoms with van der Waals surface area (Å²) in [6, 6.07) is 12.0. The normalized spacial score (nSPS) is 11.6. The van der Waals surface area contributed by atoms with Crippen LogP contribution in [0.2, 0.25) is 0 Å². The highest BCUT2D eigenvalue weighted by Gasteiger charge is 2.23. The Balaban J connectivity index is 1.63. The van der Waals surface area contributed by atoms with Crippen molar-refractivity contribution in [1.82, 2.24) is 14.7 Å². The zero-order valence-corrected chi connectivity index (χ0v) is 17.2. The lowest BCUT2D eigenvalue weighted by Gasteiger charge is -2.13. The predicted octanol–water partition coefficient (Wildman–Crippen LogP) is 1.38. The number of aromatic nitrogens is 2. The van der Waals surface area contributed by atoms with Gasteiger partial charge in [0.25, 0.3) is 17.4 Å². The number of para-hydroxylation sites is 1. The standard InChI is InChI=1S/C21H22N4O6/c1-13-18(21(29)25(24(13)3)15-8-5-4-6-9-15)23-19(27)14(2)31-17(26)12-22-20(28)16-10-7-11-30-16/h4-11,14H,12H2,1-3H3,(H,22,28)(H,23,27). The number of hydrogen-bond donors (Lipinski definition) is 2. The Hall–Kier alpha value is -4.08. The summed E-state index contributed by atoms with van der Waals surface area (Å²) in [7, 11) is 1.70. The van der Waals surface area contributed by atoms with Crippen LogP contribution in [-0.2, 0) is 21.4 Å². The zero-order valence-electron chi connectivity index (χ0n) is 17.2. The van der Waals surface area contributed by atoms with E-state index in [9.17, 15) is 19.2 Å². The van der Waals surface area contributed by atoms with Gasteiger partial charge in [-0.3, -0.25) is 23.9 Å². The Morgan fingerprint density at radius 3 is 2.48 bits per heavy atom. The van der Waals surface area contributed by atoms with Crippen LogP contribution >= 0.6 is 0 Å². The summed E-state index contributed by atoms with van der Waals surface area (Å²) in [4.78, 5) is 49.0. The van der Waals surface area contributed by atoms with Gasteiger partial charge in [-0.25, -0.2) is 4.68 Å². The van der Waals surface area contributed by atoms with Gasteiger partial charge in [-0.15, -0.1) is 0 Å². The molecule has 1 unspecified atom stereocenters. The van der Waals surface area contributed by atoms with Gasteiger partial charge in [-0.05, 0) is 38.1 Å². The van der Waals surface area contributed by atoms with Crippen molar-refractivity contribution >= 4 is 23.5 Å². The summed E-state index contributed by atoms with van der Waals surface area (Å²) >= 11 is 0. The summed E-state index contributed by atoms with van der Waals surface area (Å²) < 4.78 is 13.0. The van der Waals surface area contributed by atoms with Crippen LogP contribution in [-0.4, -0.2) is 39.8 Å². The van der Waals surface area contributed by atoms with Crippen molar-refractivity contribution < 1.29 is 23.5 Å². The number of nitrogens with zero attached hydrogens (tertiary/aromatic N) is 2. The fourth-order valence-corrected chi connectivity index (χ4v) is 2.88. The molecule has 31 heavy (non-hydrogen) atoms. The van der Waals surface area contributed by atoms with Gasteiger partial charge >= 0.3 is 5.97 Å². The van der Waals surface area contributed by atoms with Gasteiger partial charge in [-0.1, -0.05) is 18.2 Å². The quantitative estimate of drug-likeness (QED) is 0.550. The summed E-state index contributed by atoms with van der Waals surface area (Å²) in [6.45, 7) is 2.62. The predicted molar refractivity (Wildman–Crippen MR) is 111 cm³/mol. The molecule has 10 nitrogen and oxygen atoms in total. The number of carbonyl (C=O) groups is 3. The molecular formula is C21H22N4O6. The average Bonchev–Trinajstić information content (AvgIpc) is 3.36. The van der Waals surface area contributed by atoms with E-state index in [2.05, 4.69) is 10.6 Å². The molecule has 3 aromatic rings. The minimum Gasteiger partial charge on any atom is -0.459 e. The van der Waals surface area contributed by atoms with Crippen molar-refractivity contribution in [2.75, 3.05) is 11.9 Å². The first kappa shape index (κ1) is 21.6. The van der Waals surface area contributed by atoms with Gasteiger partial charge in [0.1, 0.15) is 12.2 Å². The molecule has 2 aromatic heterocycles. The van der Waals surface area contributed by atoms with E-state index in [1.54, 1.807) is 42.9 Å². The van der Waals surface area contributed by atoms with Crippen molar-refractivity contribution in [1.29, 1.82) is 0 Å². The first-order chi connectivity index (χ1) is 14.8. The van der Waals surface area contributed by atoms with Crippen LogP contribution in [0.15, 0.2) is 57.9 Å². The van der Waals surface area contributed by atoms with Crippen LogP contribution in [0.25, 0.3) is 5.69 Å². The molecule has 0 saturated carbocycles. The molecule has 0 radical (unpaired) electrons. The van der Waals surface area contributed by atoms with Gasteiger partial charge in [0.05, 0.1) is 17.6 Å². The highest BCUT2D eigenvalue weighted by molar-refractivity contribution is 5.96. The van der Waals surface area contributed by atoms with Crippen molar-refractivity contribution in [3.05, 3.63) is 70.5 Å². The molecular weight excluding hydrogens is 404 g/mol. The van der Waals surface area contributed by atoms with Crippen molar-refractivity contribution in [2.24, 2.45) is 7.05 Å². The minimum atomic E-state index is -1.18. The highest BCUT2D eigenvalue weighted by Crippen LogP contribution is 2.14. The number of ether oxygens (including phenoxy) is 1. The third kappa shape index (κ3) is 4.74. The average molecular weight is 426 g/mol. The van der Waals surface area contributed by atoms with Gasteiger partial charge < -0.3 is 19.8 Å². The number of anilines is 1. The summed E-state index contributed by atoms with van der Waals surface area (Å²) in [5, 5.41) is 4.86. The second-order valence-corrected chi connectivity index (χ2v) is 6.72. The van der Waals surface area contributed by atoms with Gasteiger partial charge in [0, 0.05) is 7.05 Å². The maximum absolute atomic E-state index is 12.8. The first-order valence-electron chi connectivity index (χ1n) is 9.45. The molecule has 0 bridgehead atoms. The molecule has 0 fully saturated rings. The SMILES string of the molecule is Cc1c(NC(=O)C(C)OC(=O)CNC(=O)c2ccco2)c(=O)n(-c2ccccc2)n1C. The smallest absolute Gasteiger partial charge is 0.326 e. The van der Waals surface area contributed by atoms with Gasteiger partial charge in [-0.2, -0.15) is 0 Å². The first-order valence-corrected chi connectivity index (χ1v) is 9.45. The molecule has 2 amide bonds. The summed E-state index contributed by atoms with van der Waals surface area (Å²) in [6.07, 6.45) is 0.147. The van der Waals surface area contributed by atoms with Crippen LogP contribution < -0.4 is 16.2 Å². The summed E-state index contributed by atoms with van der Waals surface area (Å²) in [5.41, 5.74) is 0.853. The van der Waals surface area contributed by atoms with Crippen LogP contribution in [0.3, 0.4) is 0 Å². The molecule has 1 aromatic carbocycles. The monoisotopic (exact) mass is 426 g/mol. The Morgan fingerprint density at radius 1 is 1.13 bits per heavy atom. The van der Waals surface area contributed by atoms with E-state index in [0.717, 1.165) is 0 Å². The molecule has 1 atom stereocenters. The van der Waals surface area contributed by atoms with Crippen LogP contribution in [0.4, 0.5) is 5.69 Å². The van der Waals surface area contributed by atoms with Crippen LogP contribution in [0, 0.1) is 6.92 Å². The Bertz CT molecular complexity index is 1140. The topological polar surface area (TPSA) is 125 Å². The van der Waals surface area contributed by atoms with E-state index in [1.807, 2.05) is 6.07 Å². The molecule has 0 spiro atoms. The van der Waals surface area contributed by atoms with E-state index in [0.29, 0.717) is 11.4 Å². The fraction of sp³-hybridized carbons (Fsp3) is 0.238. The zero-order chi connectivity index (χ0) is 22.5. The number of nitrogens with one attached hydrogen (secondary N) is 2. The van der Waals surface area contributed by atoms with Crippen molar-refractivity contribution in [2.45, 2.75) is 20.0 Å². The second-order valence-electron chi connectivity index (χ2n) is 6.72. The number of carbonyl (C=O) groups excluding carboxylic acids is 3. The lowest BCUT2D eigenvalue weighted by molar-refractivity contribution is -0.152. The molecule has 10 heteroatoms. The maximum atomic E-state index is 12.8. The molecule has 0 aliphatic heterocycles. The Morgan fingerprint density at radius 2 is 1.84 bits per heavy atom. The lowest BCUT2D eigenvalue weighted by Crippen LogP contribution is -2.36. The maximum Gasteiger partial charge on any atom is 0.326 e. The molecule has 2 N–H and O–H groups in total. The number of hydrogen-bond acceptors (Lipinski definition) is 6. The number of amides is 2. The third-order valence-electron chi connectivity index (χ3n) is 4.62. The van der Waals surface area contributed by atoms with E-state index in [1.165, 1.54) is 30.0 Å². The van der Waals surface area contributed by atoms with E-state index >= 15 is 0 Å². The third-order valence-corrected chi connectivity index (χ3v) is 4.62. The minimum absolute atomic E-state index is 0.0489. The fourth-order valence-electron chi connectivity index (χ4n) is 2.88. The number of esters is 1. The second kappa shape index (κ2) is 9.16. The van der Waals surface area contributed by atoms with Crippen LogP contribution in [0.1, 0.15) is 23.2 Å². The molecule has 0 aliphatic rings. The van der Waals surface area contributed by atoms with Crippen LogP contribution in [0.5, 0.6) is 0 Å². The van der Waals surface area contributed by atoms with Crippen molar-refractivity contribution in [3.8, 4) is 5.69 Å². The Labute approximate surface area is 177 Å². The molecule has 0 saturated heterocycles. The number of benzene rings is 1. The molecule has 0 aliphatic carbocycles. The van der Waals surface area contributed by atoms with Gasteiger partial charge in [0.15, 0.2) is 11.9 Å². The largest absolute Gasteiger partial charge is 0.459 e. The van der Waals surface area contributed by atoms with Gasteiger partial charge in [0.2, 0.25) is 0 Å². The lowest BCUT2D eigenvalue weighted by atomic mass is 10.3.